The minimum Gasteiger partial charge on any atom is -0.373 e. The molecule has 0 radical (unpaired) electrons. The first-order chi connectivity index (χ1) is 12.1. The predicted octanol–water partition coefficient (Wildman–Crippen LogP) is 1.99. The van der Waals surface area contributed by atoms with Crippen molar-refractivity contribution in [2.45, 2.75) is 50.2 Å². The number of nitrogens with one attached hydrogen (secondary N) is 3. The Morgan fingerprint density at radius 3 is 2.84 bits per heavy atom. The molecule has 3 N–H and O–H groups in total. The minimum atomic E-state index is -0.135. The Morgan fingerprint density at radius 2 is 2.08 bits per heavy atom. The molecule has 136 valence electrons. The fraction of sp³-hybridized carbons (Fsp3) is 0.579. The standard InChI is InChI=1S/C19H27N3O3/c1-20-17(23)15-6-4-5-14(13-15)7-11-21-18(24)22-16-8-12-25-19(16)9-2-3-10-19/h4-6,13,16H,2-3,7-12H2,1H3,(H,20,23)(H2,21,22,24). The van der Waals surface area contributed by atoms with Gasteiger partial charge in [-0.1, -0.05) is 25.0 Å². The van der Waals surface area contributed by atoms with E-state index in [0.717, 1.165) is 31.4 Å². The molecule has 2 fully saturated rings. The van der Waals surface area contributed by atoms with E-state index in [9.17, 15) is 9.59 Å². The van der Waals surface area contributed by atoms with Gasteiger partial charge in [0.25, 0.3) is 5.91 Å². The molecule has 1 saturated heterocycles. The molecule has 1 atom stereocenters. The van der Waals surface area contributed by atoms with Crippen LogP contribution >= 0.6 is 0 Å². The van der Waals surface area contributed by atoms with E-state index in [-0.39, 0.29) is 23.6 Å². The molecule has 1 saturated carbocycles. The van der Waals surface area contributed by atoms with Gasteiger partial charge >= 0.3 is 6.03 Å². The first-order valence-corrected chi connectivity index (χ1v) is 9.12. The Kier molecular flexibility index (Phi) is 5.58. The van der Waals surface area contributed by atoms with Crippen molar-refractivity contribution in [3.8, 4) is 0 Å². The molecule has 1 aliphatic carbocycles. The van der Waals surface area contributed by atoms with E-state index in [1.165, 1.54) is 12.8 Å². The zero-order valence-electron chi connectivity index (χ0n) is 14.8. The SMILES string of the molecule is CNC(=O)c1cccc(CCNC(=O)NC2CCOC23CCCC3)c1. The van der Waals surface area contributed by atoms with Crippen molar-refractivity contribution < 1.29 is 14.3 Å². The number of amides is 3. The molecule has 6 heteroatoms. The number of carbonyl (C=O) groups is 2. The molecule has 1 aromatic rings. The Hall–Kier alpha value is -2.08. The number of carbonyl (C=O) groups excluding carboxylic acids is 2. The lowest BCUT2D eigenvalue weighted by atomic mass is 9.93. The fourth-order valence-corrected chi connectivity index (χ4v) is 3.96. The van der Waals surface area contributed by atoms with Gasteiger partial charge in [-0.3, -0.25) is 4.79 Å². The molecule has 1 aliphatic heterocycles. The van der Waals surface area contributed by atoms with Gasteiger partial charge in [0.05, 0.1) is 11.6 Å². The maximum Gasteiger partial charge on any atom is 0.315 e. The minimum absolute atomic E-state index is 0.101. The van der Waals surface area contributed by atoms with Crippen LogP contribution in [0.4, 0.5) is 4.79 Å². The molecule has 25 heavy (non-hydrogen) atoms. The zero-order chi connectivity index (χ0) is 17.7. The number of hydrogen-bond acceptors (Lipinski definition) is 3. The van der Waals surface area contributed by atoms with Crippen molar-refractivity contribution in [3.63, 3.8) is 0 Å². The van der Waals surface area contributed by atoms with Crippen molar-refractivity contribution in [3.05, 3.63) is 35.4 Å². The summed E-state index contributed by atoms with van der Waals surface area (Å²) in [4.78, 5) is 23.9. The molecule has 2 aliphatic rings. The van der Waals surface area contributed by atoms with Gasteiger partial charge in [0.2, 0.25) is 0 Å². The Bertz CT molecular complexity index is 621. The summed E-state index contributed by atoms with van der Waals surface area (Å²) >= 11 is 0. The van der Waals surface area contributed by atoms with Gasteiger partial charge in [0.1, 0.15) is 0 Å². The third-order valence-corrected chi connectivity index (χ3v) is 5.30. The quantitative estimate of drug-likeness (QED) is 0.763. The van der Waals surface area contributed by atoms with Gasteiger partial charge in [-0.05, 0) is 43.4 Å². The molecule has 0 aromatic heterocycles. The van der Waals surface area contributed by atoms with E-state index >= 15 is 0 Å². The lowest BCUT2D eigenvalue weighted by molar-refractivity contribution is -0.00259. The summed E-state index contributed by atoms with van der Waals surface area (Å²) in [5.74, 6) is -0.101. The van der Waals surface area contributed by atoms with E-state index in [0.29, 0.717) is 18.5 Å². The lowest BCUT2D eigenvalue weighted by Crippen LogP contribution is -2.51. The van der Waals surface area contributed by atoms with E-state index in [2.05, 4.69) is 16.0 Å². The van der Waals surface area contributed by atoms with E-state index in [1.807, 2.05) is 18.2 Å². The number of benzene rings is 1. The normalized spacial score (nSPS) is 21.2. The third-order valence-electron chi connectivity index (χ3n) is 5.30. The fourth-order valence-electron chi connectivity index (χ4n) is 3.96. The second-order valence-corrected chi connectivity index (χ2v) is 6.89. The summed E-state index contributed by atoms with van der Waals surface area (Å²) in [6.45, 7) is 1.26. The topological polar surface area (TPSA) is 79.5 Å². The van der Waals surface area contributed by atoms with Crippen molar-refractivity contribution in [1.29, 1.82) is 0 Å². The Morgan fingerprint density at radius 1 is 1.28 bits per heavy atom. The van der Waals surface area contributed by atoms with Crippen LogP contribution < -0.4 is 16.0 Å². The summed E-state index contributed by atoms with van der Waals surface area (Å²) in [7, 11) is 1.62. The van der Waals surface area contributed by atoms with Crippen LogP contribution in [0.2, 0.25) is 0 Å². The van der Waals surface area contributed by atoms with E-state index in [1.54, 1.807) is 13.1 Å². The predicted molar refractivity (Wildman–Crippen MR) is 95.6 cm³/mol. The number of hydrogen-bond donors (Lipinski definition) is 3. The van der Waals surface area contributed by atoms with Crippen LogP contribution in [-0.4, -0.2) is 43.8 Å². The summed E-state index contributed by atoms with van der Waals surface area (Å²) < 4.78 is 5.95. The van der Waals surface area contributed by atoms with Gasteiger partial charge in [-0.25, -0.2) is 4.79 Å². The molecular formula is C19H27N3O3. The van der Waals surface area contributed by atoms with Gasteiger partial charge in [-0.2, -0.15) is 0 Å². The van der Waals surface area contributed by atoms with Gasteiger partial charge in [-0.15, -0.1) is 0 Å². The molecule has 1 unspecified atom stereocenters. The highest BCUT2D eigenvalue weighted by Gasteiger charge is 2.46. The highest BCUT2D eigenvalue weighted by molar-refractivity contribution is 5.94. The van der Waals surface area contributed by atoms with Crippen molar-refractivity contribution >= 4 is 11.9 Å². The largest absolute Gasteiger partial charge is 0.373 e. The smallest absolute Gasteiger partial charge is 0.315 e. The molecule has 1 heterocycles. The molecule has 6 nitrogen and oxygen atoms in total. The van der Waals surface area contributed by atoms with Crippen LogP contribution in [0.15, 0.2) is 24.3 Å². The highest BCUT2D eigenvalue weighted by Crippen LogP contribution is 2.40. The van der Waals surface area contributed by atoms with Gasteiger partial charge in [0.15, 0.2) is 0 Å². The number of rotatable bonds is 5. The molecule has 3 amide bonds. The molecular weight excluding hydrogens is 318 g/mol. The molecule has 3 rings (SSSR count). The molecule has 1 spiro atoms. The maximum atomic E-state index is 12.2. The zero-order valence-corrected chi connectivity index (χ0v) is 14.8. The van der Waals surface area contributed by atoms with Crippen LogP contribution in [0, 0.1) is 0 Å². The van der Waals surface area contributed by atoms with Crippen molar-refractivity contribution in [2.24, 2.45) is 0 Å². The Labute approximate surface area is 148 Å². The summed E-state index contributed by atoms with van der Waals surface area (Å²) in [5, 5.41) is 8.63. The average Bonchev–Trinajstić information content (AvgIpc) is 3.25. The number of urea groups is 1. The summed E-state index contributed by atoms with van der Waals surface area (Å²) in [5.41, 5.74) is 1.53. The third kappa shape index (κ3) is 4.12. The molecule has 0 bridgehead atoms. The van der Waals surface area contributed by atoms with Gasteiger partial charge < -0.3 is 20.7 Å². The molecule has 1 aromatic carbocycles. The monoisotopic (exact) mass is 345 g/mol. The van der Waals surface area contributed by atoms with Crippen LogP contribution in [0.25, 0.3) is 0 Å². The first kappa shape index (κ1) is 17.7. The number of ether oxygens (including phenoxy) is 1. The van der Waals surface area contributed by atoms with E-state index in [4.69, 9.17) is 4.74 Å². The second kappa shape index (κ2) is 7.87. The van der Waals surface area contributed by atoms with Crippen LogP contribution in [0.5, 0.6) is 0 Å². The summed E-state index contributed by atoms with van der Waals surface area (Å²) in [6.07, 6.45) is 6.03. The van der Waals surface area contributed by atoms with E-state index < -0.39 is 0 Å². The first-order valence-electron chi connectivity index (χ1n) is 9.12. The van der Waals surface area contributed by atoms with Crippen molar-refractivity contribution in [2.75, 3.05) is 20.2 Å². The van der Waals surface area contributed by atoms with Crippen LogP contribution in [-0.2, 0) is 11.2 Å². The van der Waals surface area contributed by atoms with Crippen LogP contribution in [0.1, 0.15) is 48.0 Å². The van der Waals surface area contributed by atoms with Crippen LogP contribution in [0.3, 0.4) is 0 Å². The maximum absolute atomic E-state index is 12.2. The summed E-state index contributed by atoms with van der Waals surface area (Å²) in [6, 6.07) is 7.44. The Balaban J connectivity index is 1.46. The second-order valence-electron chi connectivity index (χ2n) is 6.89. The van der Waals surface area contributed by atoms with Crippen molar-refractivity contribution in [1.82, 2.24) is 16.0 Å². The lowest BCUT2D eigenvalue weighted by Gasteiger charge is -2.30. The highest BCUT2D eigenvalue weighted by atomic mass is 16.5. The average molecular weight is 345 g/mol. The van der Waals surface area contributed by atoms with Gasteiger partial charge in [0, 0.05) is 25.8 Å².